The first kappa shape index (κ1) is 25.1. The molecule has 1 amide bonds. The SMILES string of the molecule is COc1ccc(-c2nc([C@H](CCCCNS(N)(=O)=O)NC(=O)OCc3ccccc3)no2)cc1. The van der Waals surface area contributed by atoms with Gasteiger partial charge in [0.15, 0.2) is 5.82 Å². The normalized spacial score (nSPS) is 12.2. The van der Waals surface area contributed by atoms with Crippen LogP contribution in [0, 0.1) is 0 Å². The molecule has 0 bridgehead atoms. The number of carbonyl (C=O) groups is 1. The molecule has 0 radical (unpaired) electrons. The van der Waals surface area contributed by atoms with Crippen molar-refractivity contribution in [1.29, 1.82) is 0 Å². The smallest absolute Gasteiger partial charge is 0.408 e. The van der Waals surface area contributed by atoms with Crippen molar-refractivity contribution in [3.05, 3.63) is 66.0 Å². The quantitative estimate of drug-likeness (QED) is 0.328. The van der Waals surface area contributed by atoms with E-state index in [9.17, 15) is 13.2 Å². The van der Waals surface area contributed by atoms with Gasteiger partial charge in [0.25, 0.3) is 16.1 Å². The third kappa shape index (κ3) is 8.14. The van der Waals surface area contributed by atoms with E-state index in [2.05, 4.69) is 20.2 Å². The van der Waals surface area contributed by atoms with E-state index in [-0.39, 0.29) is 24.9 Å². The van der Waals surface area contributed by atoms with Crippen molar-refractivity contribution < 1.29 is 27.2 Å². The Morgan fingerprint density at radius 2 is 1.85 bits per heavy atom. The van der Waals surface area contributed by atoms with Crippen LogP contribution in [0.5, 0.6) is 5.75 Å². The number of ether oxygens (including phenoxy) is 2. The summed E-state index contributed by atoms with van der Waals surface area (Å²) in [5.74, 6) is 1.26. The van der Waals surface area contributed by atoms with Crippen LogP contribution in [0.3, 0.4) is 0 Å². The lowest BCUT2D eigenvalue weighted by atomic mass is 10.1. The minimum atomic E-state index is -3.75. The van der Waals surface area contributed by atoms with Gasteiger partial charge in [-0.25, -0.2) is 14.7 Å². The van der Waals surface area contributed by atoms with Crippen LogP contribution in [-0.4, -0.2) is 38.3 Å². The number of rotatable bonds is 12. The second kappa shape index (κ2) is 12.1. The van der Waals surface area contributed by atoms with Gasteiger partial charge in [-0.1, -0.05) is 35.5 Å². The average molecular weight is 490 g/mol. The van der Waals surface area contributed by atoms with E-state index in [1.807, 2.05) is 30.3 Å². The maximum atomic E-state index is 12.4. The van der Waals surface area contributed by atoms with Gasteiger partial charge in [-0.15, -0.1) is 0 Å². The zero-order valence-electron chi connectivity index (χ0n) is 18.6. The third-order valence-electron chi connectivity index (χ3n) is 4.82. The molecule has 3 aromatic rings. The second-order valence-corrected chi connectivity index (χ2v) is 8.76. The zero-order chi connectivity index (χ0) is 24.4. The molecule has 0 spiro atoms. The average Bonchev–Trinajstić information content (AvgIpc) is 3.32. The number of aromatic nitrogens is 2. The summed E-state index contributed by atoms with van der Waals surface area (Å²) >= 11 is 0. The molecule has 11 nitrogen and oxygen atoms in total. The summed E-state index contributed by atoms with van der Waals surface area (Å²) in [6.07, 6.45) is 0.844. The van der Waals surface area contributed by atoms with E-state index in [4.69, 9.17) is 19.1 Å². The van der Waals surface area contributed by atoms with Gasteiger partial charge in [0.2, 0.25) is 0 Å². The molecule has 1 atom stereocenters. The number of nitrogens with two attached hydrogens (primary N) is 1. The van der Waals surface area contributed by atoms with E-state index in [0.29, 0.717) is 30.6 Å². The summed E-state index contributed by atoms with van der Waals surface area (Å²) in [6, 6.07) is 15.8. The molecule has 0 saturated heterocycles. The largest absolute Gasteiger partial charge is 0.497 e. The Bertz CT molecular complexity index is 1150. The number of alkyl carbamates (subject to hydrolysis) is 1. The number of nitrogens with zero attached hydrogens (tertiary/aromatic N) is 2. The van der Waals surface area contributed by atoms with Crippen LogP contribution < -0.4 is 19.9 Å². The summed E-state index contributed by atoms with van der Waals surface area (Å²) < 4.78 is 40.1. The number of nitrogens with one attached hydrogen (secondary N) is 2. The Hall–Kier alpha value is -3.48. The molecule has 0 unspecified atom stereocenters. The number of hydrogen-bond acceptors (Lipinski definition) is 8. The van der Waals surface area contributed by atoms with E-state index < -0.39 is 22.3 Å². The van der Waals surface area contributed by atoms with Crippen LogP contribution in [-0.2, 0) is 21.6 Å². The Morgan fingerprint density at radius 1 is 1.12 bits per heavy atom. The Kier molecular flexibility index (Phi) is 8.96. The molecule has 3 rings (SSSR count). The molecule has 0 aliphatic heterocycles. The highest BCUT2D eigenvalue weighted by molar-refractivity contribution is 7.87. The summed E-state index contributed by atoms with van der Waals surface area (Å²) in [6.45, 7) is 0.286. The van der Waals surface area contributed by atoms with E-state index in [0.717, 1.165) is 5.56 Å². The van der Waals surface area contributed by atoms with Gasteiger partial charge in [-0.05, 0) is 49.1 Å². The van der Waals surface area contributed by atoms with E-state index in [1.165, 1.54) is 0 Å². The van der Waals surface area contributed by atoms with Crippen LogP contribution >= 0.6 is 0 Å². The van der Waals surface area contributed by atoms with Crippen molar-refractivity contribution in [2.75, 3.05) is 13.7 Å². The molecule has 4 N–H and O–H groups in total. The van der Waals surface area contributed by atoms with Crippen molar-refractivity contribution >= 4 is 16.3 Å². The third-order valence-corrected chi connectivity index (χ3v) is 5.42. The molecule has 2 aromatic carbocycles. The number of unbranched alkanes of at least 4 members (excludes halogenated alkanes) is 1. The number of amides is 1. The van der Waals surface area contributed by atoms with Crippen LogP contribution in [0.25, 0.3) is 11.5 Å². The Labute approximate surface area is 197 Å². The minimum Gasteiger partial charge on any atom is -0.497 e. The number of hydrogen-bond donors (Lipinski definition) is 3. The van der Waals surface area contributed by atoms with Crippen molar-refractivity contribution in [3.8, 4) is 17.2 Å². The lowest BCUT2D eigenvalue weighted by molar-refractivity contribution is 0.134. The van der Waals surface area contributed by atoms with E-state index >= 15 is 0 Å². The molecule has 0 aliphatic rings. The molecular weight excluding hydrogens is 462 g/mol. The number of methoxy groups -OCH3 is 1. The highest BCUT2D eigenvalue weighted by Gasteiger charge is 2.22. The van der Waals surface area contributed by atoms with Crippen LogP contribution in [0.4, 0.5) is 4.79 Å². The lowest BCUT2D eigenvalue weighted by Gasteiger charge is -2.15. The standard InChI is InChI=1S/C22H27N5O6S/c1-31-18-12-10-17(11-13-18)21-26-20(27-33-21)19(9-5-6-14-24-34(23,29)30)25-22(28)32-15-16-7-3-2-4-8-16/h2-4,7-8,10-13,19,24H,5-6,9,14-15H2,1H3,(H,25,28)(H2,23,29,30)/t19-/m0/s1. The molecule has 1 heterocycles. The first-order valence-electron chi connectivity index (χ1n) is 10.6. The highest BCUT2D eigenvalue weighted by Crippen LogP contribution is 2.24. The Balaban J connectivity index is 1.65. The van der Waals surface area contributed by atoms with Crippen molar-refractivity contribution in [3.63, 3.8) is 0 Å². The van der Waals surface area contributed by atoms with Gasteiger partial charge in [0.05, 0.1) is 13.2 Å². The van der Waals surface area contributed by atoms with Gasteiger partial charge in [-0.3, -0.25) is 0 Å². The summed E-state index contributed by atoms with van der Waals surface area (Å²) in [4.78, 5) is 16.9. The minimum absolute atomic E-state index is 0.112. The molecule has 0 saturated carbocycles. The zero-order valence-corrected chi connectivity index (χ0v) is 19.5. The van der Waals surface area contributed by atoms with Crippen LogP contribution in [0.2, 0.25) is 0 Å². The molecule has 182 valence electrons. The molecule has 0 fully saturated rings. The van der Waals surface area contributed by atoms with Crippen LogP contribution in [0.1, 0.15) is 36.7 Å². The highest BCUT2D eigenvalue weighted by atomic mass is 32.2. The topological polar surface area (TPSA) is 159 Å². The van der Waals surface area contributed by atoms with Gasteiger partial charge in [-0.2, -0.15) is 13.4 Å². The first-order chi connectivity index (χ1) is 16.3. The summed E-state index contributed by atoms with van der Waals surface area (Å²) in [5, 5.41) is 11.7. The fraction of sp³-hybridized carbons (Fsp3) is 0.318. The molecule has 34 heavy (non-hydrogen) atoms. The monoisotopic (exact) mass is 489 g/mol. The Morgan fingerprint density at radius 3 is 2.53 bits per heavy atom. The van der Waals surface area contributed by atoms with Gasteiger partial charge >= 0.3 is 6.09 Å². The number of benzene rings is 2. The number of carbonyl (C=O) groups excluding carboxylic acids is 1. The predicted molar refractivity (Wildman–Crippen MR) is 124 cm³/mol. The fourth-order valence-corrected chi connectivity index (χ4v) is 3.52. The van der Waals surface area contributed by atoms with Crippen molar-refractivity contribution in [1.82, 2.24) is 20.2 Å². The van der Waals surface area contributed by atoms with Gasteiger partial charge < -0.3 is 19.3 Å². The molecule has 0 aliphatic carbocycles. The van der Waals surface area contributed by atoms with E-state index in [1.54, 1.807) is 31.4 Å². The second-order valence-electron chi connectivity index (χ2n) is 7.38. The summed E-state index contributed by atoms with van der Waals surface area (Å²) in [7, 11) is -2.18. The first-order valence-corrected chi connectivity index (χ1v) is 12.1. The van der Waals surface area contributed by atoms with Gasteiger partial charge in [0, 0.05) is 12.1 Å². The lowest BCUT2D eigenvalue weighted by Crippen LogP contribution is -2.32. The fourth-order valence-electron chi connectivity index (χ4n) is 3.09. The predicted octanol–water partition coefficient (Wildman–Crippen LogP) is 2.68. The van der Waals surface area contributed by atoms with Gasteiger partial charge in [0.1, 0.15) is 12.4 Å². The summed E-state index contributed by atoms with van der Waals surface area (Å²) in [5.41, 5.74) is 1.55. The maximum Gasteiger partial charge on any atom is 0.408 e. The molecule has 1 aromatic heterocycles. The van der Waals surface area contributed by atoms with Crippen LogP contribution in [0.15, 0.2) is 59.1 Å². The van der Waals surface area contributed by atoms with Crippen molar-refractivity contribution in [2.45, 2.75) is 31.9 Å². The molecular formula is C22H27N5O6S. The van der Waals surface area contributed by atoms with Crippen molar-refractivity contribution in [2.24, 2.45) is 5.14 Å². The maximum absolute atomic E-state index is 12.4. The molecule has 12 heteroatoms.